The number of rotatable bonds is 4. The molecule has 1 aliphatic heterocycles. The maximum Gasteiger partial charge on any atom is 0.271 e. The van der Waals surface area contributed by atoms with E-state index in [1.54, 1.807) is 17.7 Å². The molecule has 0 unspecified atom stereocenters. The molecule has 3 aromatic heterocycles. The number of hydrogen-bond acceptors (Lipinski definition) is 10. The van der Waals surface area contributed by atoms with Crippen molar-refractivity contribution >= 4 is 46.3 Å². The van der Waals surface area contributed by atoms with E-state index >= 15 is 0 Å². The normalized spacial score (nSPS) is 18.3. The third kappa shape index (κ3) is 8.13. The standard InChI is InChI=1S/C31H34N8O4S2/c1-18(2)26-30-37-23(16-45-30)27(41)32-10-7-11-39(31(43)21-13-33-19(3)34-14-21)15-25(40)35-22(12-20-8-5-4-6-9-20)29-36-24(17-44-29)28(42)38-26/h4-6,8-9,13-14,16-18,22,26H,7,10-12,15H2,1-3H3,(H,32,41)(H,35,40)(H,38,42)/t22-,26-/m0/s1. The molecule has 2 atom stereocenters. The van der Waals surface area contributed by atoms with Gasteiger partial charge in [-0.05, 0) is 31.2 Å². The first kappa shape index (κ1) is 31.9. The minimum Gasteiger partial charge on any atom is -0.351 e. The summed E-state index contributed by atoms with van der Waals surface area (Å²) in [6, 6.07) is 8.69. The van der Waals surface area contributed by atoms with E-state index in [0.717, 1.165) is 5.56 Å². The van der Waals surface area contributed by atoms with Gasteiger partial charge in [0.2, 0.25) is 5.91 Å². The SMILES string of the molecule is Cc1ncc(C(=O)N2CCCNC(=O)c3csc(n3)[C@H](C(C)C)NC(=O)c3csc(n3)[C@H](Cc3ccccc3)NC(=O)C2)cn1. The van der Waals surface area contributed by atoms with Crippen LogP contribution < -0.4 is 16.0 Å². The molecule has 4 amide bonds. The summed E-state index contributed by atoms with van der Waals surface area (Å²) in [6.07, 6.45) is 3.69. The maximum atomic E-state index is 13.5. The quantitative estimate of drug-likeness (QED) is 0.304. The molecule has 3 N–H and O–H groups in total. The number of carbonyl (C=O) groups is 4. The monoisotopic (exact) mass is 646 g/mol. The molecular formula is C31H34N8O4S2. The third-order valence-electron chi connectivity index (χ3n) is 7.18. The molecule has 1 aromatic carbocycles. The molecular weight excluding hydrogens is 613 g/mol. The van der Waals surface area contributed by atoms with Gasteiger partial charge in [0.15, 0.2) is 0 Å². The van der Waals surface area contributed by atoms with Crippen LogP contribution in [0.1, 0.15) is 85.1 Å². The van der Waals surface area contributed by atoms with Gasteiger partial charge in [0.25, 0.3) is 17.7 Å². The average Bonchev–Trinajstić information content (AvgIpc) is 3.72. The Morgan fingerprint density at radius 3 is 2.33 bits per heavy atom. The first-order valence-corrected chi connectivity index (χ1v) is 16.3. The Balaban J connectivity index is 1.47. The van der Waals surface area contributed by atoms with Gasteiger partial charge in [-0.2, -0.15) is 0 Å². The number of hydrogen-bond donors (Lipinski definition) is 3. The van der Waals surface area contributed by atoms with Gasteiger partial charge in [-0.15, -0.1) is 22.7 Å². The summed E-state index contributed by atoms with van der Waals surface area (Å²) in [7, 11) is 0. The zero-order chi connectivity index (χ0) is 31.9. The van der Waals surface area contributed by atoms with E-state index in [9.17, 15) is 19.2 Å². The number of benzene rings is 1. The van der Waals surface area contributed by atoms with Gasteiger partial charge in [-0.25, -0.2) is 19.9 Å². The molecule has 0 spiro atoms. The van der Waals surface area contributed by atoms with E-state index < -0.39 is 23.9 Å². The van der Waals surface area contributed by atoms with Crippen LogP contribution in [0.25, 0.3) is 0 Å². The number of nitrogens with one attached hydrogen (secondary N) is 3. The minimum atomic E-state index is -0.546. The summed E-state index contributed by atoms with van der Waals surface area (Å²) in [4.78, 5) is 72.1. The van der Waals surface area contributed by atoms with Crippen molar-refractivity contribution in [1.82, 2.24) is 40.8 Å². The number of aryl methyl sites for hydroxylation is 1. The molecule has 12 nitrogen and oxygen atoms in total. The number of thiazole rings is 2. The zero-order valence-corrected chi connectivity index (χ0v) is 26.8. The number of fused-ring (bicyclic) bond motifs is 4. The fourth-order valence-electron chi connectivity index (χ4n) is 4.78. The predicted molar refractivity (Wildman–Crippen MR) is 170 cm³/mol. The molecule has 0 saturated heterocycles. The lowest BCUT2D eigenvalue weighted by atomic mass is 10.0. The molecule has 5 rings (SSSR count). The van der Waals surface area contributed by atoms with E-state index in [2.05, 4.69) is 35.9 Å². The zero-order valence-electron chi connectivity index (χ0n) is 25.1. The highest BCUT2D eigenvalue weighted by atomic mass is 32.1. The molecule has 0 saturated carbocycles. The summed E-state index contributed by atoms with van der Waals surface area (Å²) in [5.41, 5.74) is 1.69. The Kier molecular flexibility index (Phi) is 10.2. The van der Waals surface area contributed by atoms with E-state index in [1.165, 1.54) is 40.0 Å². The van der Waals surface area contributed by atoms with E-state index in [4.69, 9.17) is 0 Å². The van der Waals surface area contributed by atoms with Crippen molar-refractivity contribution in [1.29, 1.82) is 0 Å². The summed E-state index contributed by atoms with van der Waals surface area (Å²) in [5.74, 6) is -1.02. The lowest BCUT2D eigenvalue weighted by molar-refractivity contribution is -0.122. The van der Waals surface area contributed by atoms with E-state index in [0.29, 0.717) is 28.7 Å². The van der Waals surface area contributed by atoms with Crippen molar-refractivity contribution in [2.45, 2.75) is 45.7 Å². The summed E-state index contributed by atoms with van der Waals surface area (Å²) in [5, 5.41) is 13.4. The highest BCUT2D eigenvalue weighted by molar-refractivity contribution is 7.10. The Morgan fingerprint density at radius 1 is 0.956 bits per heavy atom. The van der Waals surface area contributed by atoms with Crippen LogP contribution in [0.15, 0.2) is 53.5 Å². The lowest BCUT2D eigenvalue weighted by Crippen LogP contribution is -2.43. The lowest BCUT2D eigenvalue weighted by Gasteiger charge is -2.24. The van der Waals surface area contributed by atoms with Crippen LogP contribution >= 0.6 is 22.7 Å². The van der Waals surface area contributed by atoms with Gasteiger partial charge in [-0.1, -0.05) is 44.2 Å². The second-order valence-corrected chi connectivity index (χ2v) is 12.8. The largest absolute Gasteiger partial charge is 0.351 e. The molecule has 4 aromatic rings. The molecule has 4 heterocycles. The molecule has 45 heavy (non-hydrogen) atoms. The first-order valence-electron chi connectivity index (χ1n) is 14.6. The molecule has 0 radical (unpaired) electrons. The molecule has 14 heteroatoms. The average molecular weight is 647 g/mol. The smallest absolute Gasteiger partial charge is 0.271 e. The number of amides is 4. The van der Waals surface area contributed by atoms with Crippen LogP contribution in [0.4, 0.5) is 0 Å². The fraction of sp³-hybridized carbons (Fsp3) is 0.355. The van der Waals surface area contributed by atoms with Gasteiger partial charge in [-0.3, -0.25) is 19.2 Å². The second kappa shape index (κ2) is 14.5. The second-order valence-electron chi connectivity index (χ2n) is 11.0. The Morgan fingerprint density at radius 2 is 1.62 bits per heavy atom. The molecule has 0 aliphatic carbocycles. The number of carbonyl (C=O) groups excluding carboxylic acids is 4. The Labute approximate surface area is 268 Å². The van der Waals surface area contributed by atoms with Crippen molar-refractivity contribution in [3.05, 3.63) is 91.8 Å². The van der Waals surface area contributed by atoms with Crippen molar-refractivity contribution in [3.8, 4) is 0 Å². The first-order chi connectivity index (χ1) is 21.7. The molecule has 234 valence electrons. The van der Waals surface area contributed by atoms with Crippen molar-refractivity contribution in [3.63, 3.8) is 0 Å². The van der Waals surface area contributed by atoms with Crippen LogP contribution in [0, 0.1) is 12.8 Å². The molecule has 1 aliphatic rings. The molecule has 0 fully saturated rings. The van der Waals surface area contributed by atoms with Crippen molar-refractivity contribution in [2.24, 2.45) is 5.92 Å². The van der Waals surface area contributed by atoms with Crippen LogP contribution in [0.3, 0.4) is 0 Å². The van der Waals surface area contributed by atoms with Gasteiger partial charge in [0.1, 0.15) is 27.2 Å². The van der Waals surface area contributed by atoms with Crippen LogP contribution in [-0.4, -0.2) is 68.1 Å². The molecule has 4 bridgehead atoms. The van der Waals surface area contributed by atoms with Gasteiger partial charge in [0, 0.05) is 36.2 Å². The van der Waals surface area contributed by atoms with Crippen molar-refractivity contribution < 1.29 is 19.2 Å². The van der Waals surface area contributed by atoms with Gasteiger partial charge in [0.05, 0.1) is 24.2 Å². The van der Waals surface area contributed by atoms with Crippen LogP contribution in [0.2, 0.25) is 0 Å². The predicted octanol–water partition coefficient (Wildman–Crippen LogP) is 3.50. The van der Waals surface area contributed by atoms with Crippen molar-refractivity contribution in [2.75, 3.05) is 19.6 Å². The third-order valence-corrected chi connectivity index (χ3v) is 9.07. The topological polar surface area (TPSA) is 159 Å². The number of nitrogens with zero attached hydrogens (tertiary/aromatic N) is 5. The minimum absolute atomic E-state index is 0.00390. The van der Waals surface area contributed by atoms with Crippen LogP contribution in [-0.2, 0) is 11.2 Å². The maximum absolute atomic E-state index is 13.5. The summed E-state index contributed by atoms with van der Waals surface area (Å²) < 4.78 is 0. The van der Waals surface area contributed by atoms with Crippen LogP contribution in [0.5, 0.6) is 0 Å². The highest BCUT2D eigenvalue weighted by Crippen LogP contribution is 2.27. The summed E-state index contributed by atoms with van der Waals surface area (Å²) >= 11 is 2.59. The van der Waals surface area contributed by atoms with E-state index in [-0.39, 0.29) is 54.3 Å². The van der Waals surface area contributed by atoms with E-state index in [1.807, 2.05) is 44.2 Å². The fourth-order valence-corrected chi connectivity index (χ4v) is 6.65. The van der Waals surface area contributed by atoms with Gasteiger partial charge >= 0.3 is 0 Å². The Hall–Kier alpha value is -4.56. The highest BCUT2D eigenvalue weighted by Gasteiger charge is 2.27. The Bertz CT molecular complexity index is 1660. The summed E-state index contributed by atoms with van der Waals surface area (Å²) in [6.45, 7) is 5.87. The van der Waals surface area contributed by atoms with Gasteiger partial charge < -0.3 is 20.9 Å². The number of aromatic nitrogens is 4.